The summed E-state index contributed by atoms with van der Waals surface area (Å²) in [5.74, 6) is -2.64. The van der Waals surface area contributed by atoms with Gasteiger partial charge in [-0.25, -0.2) is 0 Å². The first kappa shape index (κ1) is 26.4. The number of hydrogen-bond donors (Lipinski definition) is 0. The molecule has 108 valence electrons. The van der Waals surface area contributed by atoms with Gasteiger partial charge in [-0.2, -0.15) is 20.8 Å². The summed E-state index contributed by atoms with van der Waals surface area (Å²) in [5.41, 5.74) is -2.81. The fraction of sp³-hybridized carbons (Fsp3) is 0.667. The van der Waals surface area contributed by atoms with E-state index in [0.29, 0.717) is 0 Å². The van der Waals surface area contributed by atoms with Gasteiger partial charge >= 0.3 is 59.1 Å². The van der Waals surface area contributed by atoms with Crippen molar-refractivity contribution in [1.82, 2.24) is 0 Å². The van der Waals surface area contributed by atoms with Gasteiger partial charge in [-0.3, -0.25) is 0 Å². The second kappa shape index (κ2) is 12.0. The molecule has 2 unspecified atom stereocenters. The Morgan fingerprint density at radius 2 is 1.18 bits per heavy atom. The normalized spacial score (nSPS) is 15.1. The molecule has 2 atom stereocenters. The number of carboxylic acid groups (broad SMARTS) is 2. The summed E-state index contributed by atoms with van der Waals surface area (Å²) < 4.78 is 0. The third kappa shape index (κ3) is 11.1. The van der Waals surface area contributed by atoms with Crippen LogP contribution in [0.1, 0.15) is 39.5 Å². The van der Waals surface area contributed by atoms with Gasteiger partial charge in [-0.1, -0.05) is 0 Å². The second-order valence-corrected chi connectivity index (χ2v) is 4.72. The molecule has 0 bridgehead atoms. The van der Waals surface area contributed by atoms with E-state index >= 15 is 0 Å². The van der Waals surface area contributed by atoms with E-state index in [-0.39, 0.29) is 84.8 Å². The minimum Gasteiger partial charge on any atom is -0.550 e. The Hall–Kier alpha value is -0.480. The summed E-state index contributed by atoms with van der Waals surface area (Å²) in [4.78, 5) is 20.8. The topological polar surface area (TPSA) is 153 Å². The van der Waals surface area contributed by atoms with Gasteiger partial charge in [0, 0.05) is 11.9 Å². The predicted molar refractivity (Wildman–Crippen MR) is 61.4 cm³/mol. The minimum absolute atomic E-state index is 0. The van der Waals surface area contributed by atoms with Crippen LogP contribution in [0, 0.1) is 22.7 Å². The Morgan fingerprint density at radius 1 is 0.909 bits per heavy atom. The summed E-state index contributed by atoms with van der Waals surface area (Å²) in [6, 6.07) is 3.61. The Labute approximate surface area is 173 Å². The van der Waals surface area contributed by atoms with Crippen molar-refractivity contribution in [3.05, 3.63) is 0 Å². The predicted octanol–water partition coefficient (Wildman–Crippen LogP) is -6.93. The molecule has 0 amide bonds. The molecule has 0 saturated heterocycles. The standard InChI is InChI=1S/C12H16N4O4.2Na/c1-11(7-13,5-3-9(17)18)15-16-12(2,8-14)6-4-10(19)20;;/h3-6H2,1-2H3,(H,17,18)(H,19,20);;/q;2*+1/p-2/b16-15+;;. The van der Waals surface area contributed by atoms with Crippen LogP contribution in [0.3, 0.4) is 0 Å². The number of rotatable bonds is 8. The summed E-state index contributed by atoms with van der Waals surface area (Å²) in [5, 5.41) is 46.1. The number of carboxylic acids is 2. The number of azo groups is 1. The zero-order valence-corrected chi connectivity index (χ0v) is 17.3. The van der Waals surface area contributed by atoms with Crippen molar-refractivity contribution >= 4 is 11.9 Å². The molecule has 0 aliphatic carbocycles. The molecule has 0 saturated carbocycles. The van der Waals surface area contributed by atoms with Gasteiger partial charge in [0.2, 0.25) is 0 Å². The van der Waals surface area contributed by atoms with Crippen molar-refractivity contribution in [2.45, 2.75) is 50.6 Å². The zero-order valence-electron chi connectivity index (χ0n) is 13.3. The van der Waals surface area contributed by atoms with Gasteiger partial charge in [0.1, 0.15) is 0 Å². The van der Waals surface area contributed by atoms with Crippen molar-refractivity contribution in [3.8, 4) is 12.1 Å². The van der Waals surface area contributed by atoms with Crippen molar-refractivity contribution in [2.24, 2.45) is 10.2 Å². The third-order valence-corrected chi connectivity index (χ3v) is 2.60. The average molecular weight is 324 g/mol. The number of aliphatic carboxylic acids is 2. The molecule has 0 aromatic rings. The Bertz CT molecular complexity index is 456. The van der Waals surface area contributed by atoms with Crippen LogP contribution in [0.25, 0.3) is 0 Å². The van der Waals surface area contributed by atoms with Crippen LogP contribution in [0.2, 0.25) is 0 Å². The SMILES string of the molecule is CC(C#N)(CCC(=O)[O-])/N=N/C(C)(C#N)CCC(=O)[O-].[Na+].[Na+]. The van der Waals surface area contributed by atoms with E-state index in [9.17, 15) is 19.8 Å². The molecule has 0 fully saturated rings. The molecule has 0 spiro atoms. The first-order chi connectivity index (χ1) is 9.16. The molecule has 0 rings (SSSR count). The van der Waals surface area contributed by atoms with E-state index in [1.807, 2.05) is 0 Å². The van der Waals surface area contributed by atoms with Crippen LogP contribution < -0.4 is 69.3 Å². The van der Waals surface area contributed by atoms with Crippen LogP contribution in [-0.4, -0.2) is 23.0 Å². The van der Waals surface area contributed by atoms with Gasteiger partial charge in [-0.05, 0) is 39.5 Å². The van der Waals surface area contributed by atoms with Gasteiger partial charge < -0.3 is 19.8 Å². The van der Waals surface area contributed by atoms with E-state index in [1.54, 1.807) is 12.1 Å². The summed E-state index contributed by atoms with van der Waals surface area (Å²) in [6.07, 6.45) is -0.967. The van der Waals surface area contributed by atoms with Crippen LogP contribution in [-0.2, 0) is 9.59 Å². The smallest absolute Gasteiger partial charge is 0.550 e. The van der Waals surface area contributed by atoms with Crippen LogP contribution >= 0.6 is 0 Å². The third-order valence-electron chi connectivity index (χ3n) is 2.60. The molecule has 0 N–H and O–H groups in total. The van der Waals surface area contributed by atoms with Gasteiger partial charge in [0.25, 0.3) is 0 Å². The zero-order chi connectivity index (χ0) is 15.8. The molecule has 0 aliphatic rings. The van der Waals surface area contributed by atoms with Crippen molar-refractivity contribution in [3.63, 3.8) is 0 Å². The summed E-state index contributed by atoms with van der Waals surface area (Å²) in [7, 11) is 0. The Balaban J connectivity index is -0.00000180. The summed E-state index contributed by atoms with van der Waals surface area (Å²) >= 11 is 0. The average Bonchev–Trinajstić information content (AvgIpc) is 2.41. The number of hydrogen-bond acceptors (Lipinski definition) is 8. The molecule has 10 heteroatoms. The Kier molecular flexibility index (Phi) is 14.4. The minimum atomic E-state index is -1.40. The summed E-state index contributed by atoms with van der Waals surface area (Å²) in [6.45, 7) is 2.74. The fourth-order valence-electron chi connectivity index (χ4n) is 1.17. The maximum atomic E-state index is 10.4. The van der Waals surface area contributed by atoms with Crippen LogP contribution in [0.5, 0.6) is 0 Å². The fourth-order valence-corrected chi connectivity index (χ4v) is 1.17. The Morgan fingerprint density at radius 3 is 1.36 bits per heavy atom. The van der Waals surface area contributed by atoms with Gasteiger partial charge in [-0.15, -0.1) is 0 Å². The largest absolute Gasteiger partial charge is 1.00 e. The van der Waals surface area contributed by atoms with Crippen molar-refractivity contribution in [2.75, 3.05) is 0 Å². The maximum Gasteiger partial charge on any atom is 1.00 e. The van der Waals surface area contributed by atoms with Gasteiger partial charge in [0.05, 0.1) is 12.1 Å². The molecular weight excluding hydrogens is 310 g/mol. The maximum absolute atomic E-state index is 10.4. The quantitative estimate of drug-likeness (QED) is 0.319. The monoisotopic (exact) mass is 324 g/mol. The molecule has 0 aliphatic heterocycles. The van der Waals surface area contributed by atoms with E-state index < -0.39 is 23.0 Å². The molecule has 22 heavy (non-hydrogen) atoms. The van der Waals surface area contributed by atoms with Crippen LogP contribution in [0.15, 0.2) is 10.2 Å². The van der Waals surface area contributed by atoms with Crippen molar-refractivity contribution in [1.29, 1.82) is 10.5 Å². The second-order valence-electron chi connectivity index (χ2n) is 4.72. The van der Waals surface area contributed by atoms with E-state index in [4.69, 9.17) is 10.5 Å². The van der Waals surface area contributed by atoms with E-state index in [1.165, 1.54) is 13.8 Å². The molecule has 0 heterocycles. The molecule has 0 radical (unpaired) electrons. The first-order valence-corrected chi connectivity index (χ1v) is 5.83. The van der Waals surface area contributed by atoms with Gasteiger partial charge in [0.15, 0.2) is 11.1 Å². The number of nitrogens with zero attached hydrogens (tertiary/aromatic N) is 4. The molecule has 8 nitrogen and oxygen atoms in total. The van der Waals surface area contributed by atoms with Crippen LogP contribution in [0.4, 0.5) is 0 Å². The van der Waals surface area contributed by atoms with E-state index in [2.05, 4.69) is 10.2 Å². The van der Waals surface area contributed by atoms with E-state index in [0.717, 1.165) is 0 Å². The first-order valence-electron chi connectivity index (χ1n) is 5.83. The number of nitriles is 2. The molecule has 0 aromatic carbocycles. The number of carbonyl (C=O) groups excluding carboxylic acids is 2. The van der Waals surface area contributed by atoms with Crippen molar-refractivity contribution < 1.29 is 78.9 Å². The number of carbonyl (C=O) groups is 2. The molecular formula is C12H14N4Na2O4. The molecule has 0 aromatic heterocycles.